The monoisotopic (exact) mass is 392 g/mol. The van der Waals surface area contributed by atoms with Gasteiger partial charge in [0, 0.05) is 30.3 Å². The van der Waals surface area contributed by atoms with E-state index >= 15 is 0 Å². The molecule has 26 heavy (non-hydrogen) atoms. The van der Waals surface area contributed by atoms with Gasteiger partial charge in [-0.3, -0.25) is 4.79 Å². The highest BCUT2D eigenvalue weighted by Crippen LogP contribution is 2.46. The molecular weight excluding hydrogens is 372 g/mol. The van der Waals surface area contributed by atoms with E-state index in [-0.39, 0.29) is 12.0 Å². The summed E-state index contributed by atoms with van der Waals surface area (Å²) in [7, 11) is 1.82. The standard InChI is InChI=1S/C16H20N6O2S2/c1-9-3-10-5-26-15(17)21-16(10,7-24-9)14-20-12(6-25-14)19-13(23)11-4-22(2)8-18-11/h4,6,8-10H,3,5,7H2,1-2H3,(H2,17,21)(H,19,23)/t9-,10-,16?/m0/s1. The van der Waals surface area contributed by atoms with E-state index in [0.29, 0.717) is 29.2 Å². The lowest BCUT2D eigenvalue weighted by molar-refractivity contribution is -0.0466. The lowest BCUT2D eigenvalue weighted by atomic mass is 9.80. The number of nitrogens with zero attached hydrogens (tertiary/aromatic N) is 4. The van der Waals surface area contributed by atoms with E-state index < -0.39 is 5.54 Å². The van der Waals surface area contributed by atoms with E-state index in [0.717, 1.165) is 17.2 Å². The second-order valence-corrected chi connectivity index (χ2v) is 8.55. The zero-order valence-electron chi connectivity index (χ0n) is 14.5. The van der Waals surface area contributed by atoms with Crippen molar-refractivity contribution < 1.29 is 9.53 Å². The van der Waals surface area contributed by atoms with Crippen LogP contribution in [0.25, 0.3) is 0 Å². The van der Waals surface area contributed by atoms with Crippen LogP contribution in [0.1, 0.15) is 28.8 Å². The number of rotatable bonds is 3. The van der Waals surface area contributed by atoms with Gasteiger partial charge in [-0.25, -0.2) is 15.0 Å². The molecule has 0 spiro atoms. The van der Waals surface area contributed by atoms with Gasteiger partial charge in [-0.15, -0.1) is 11.3 Å². The van der Waals surface area contributed by atoms with Crippen molar-refractivity contribution in [3.8, 4) is 0 Å². The third-order valence-corrected chi connectivity index (χ3v) is 6.64. The fourth-order valence-electron chi connectivity index (χ4n) is 3.32. The number of aryl methyl sites for hydroxylation is 1. The van der Waals surface area contributed by atoms with Crippen LogP contribution in [-0.4, -0.2) is 44.1 Å². The summed E-state index contributed by atoms with van der Waals surface area (Å²) in [5.41, 5.74) is 5.81. The van der Waals surface area contributed by atoms with Crippen LogP contribution < -0.4 is 11.1 Å². The number of ether oxygens (including phenoxy) is 1. The molecule has 3 N–H and O–H groups in total. The highest BCUT2D eigenvalue weighted by Gasteiger charge is 2.49. The Morgan fingerprint density at radius 2 is 2.38 bits per heavy atom. The molecule has 0 saturated carbocycles. The summed E-state index contributed by atoms with van der Waals surface area (Å²) >= 11 is 3.06. The molecule has 0 aliphatic carbocycles. The molecule has 2 aromatic heterocycles. The minimum absolute atomic E-state index is 0.200. The SMILES string of the molecule is C[C@H]1C[C@H]2CSC(N)=NC2(c2nc(NC(=O)c3cn(C)cn3)cs2)CO1. The van der Waals surface area contributed by atoms with Gasteiger partial charge in [-0.2, -0.15) is 0 Å². The van der Waals surface area contributed by atoms with Crippen LogP contribution in [-0.2, 0) is 17.3 Å². The summed E-state index contributed by atoms with van der Waals surface area (Å²) in [5.74, 6) is 1.43. The van der Waals surface area contributed by atoms with Crippen LogP contribution in [0.4, 0.5) is 5.82 Å². The molecule has 0 aromatic carbocycles. The molecule has 8 nitrogen and oxygen atoms in total. The second kappa shape index (κ2) is 6.67. The molecule has 3 atom stereocenters. The number of aromatic nitrogens is 3. The Morgan fingerprint density at radius 3 is 3.15 bits per heavy atom. The first-order valence-corrected chi connectivity index (χ1v) is 10.2. The molecule has 4 heterocycles. The molecule has 1 unspecified atom stereocenters. The Bertz CT molecular complexity index is 863. The maximum atomic E-state index is 12.3. The fourth-order valence-corrected chi connectivity index (χ4v) is 5.29. The molecule has 1 amide bonds. The van der Waals surface area contributed by atoms with Crippen molar-refractivity contribution in [2.45, 2.75) is 25.0 Å². The van der Waals surface area contributed by atoms with Crippen molar-refractivity contribution in [3.63, 3.8) is 0 Å². The zero-order chi connectivity index (χ0) is 18.3. The molecule has 1 saturated heterocycles. The quantitative estimate of drug-likeness (QED) is 0.825. The van der Waals surface area contributed by atoms with Gasteiger partial charge in [0.15, 0.2) is 5.17 Å². The highest BCUT2D eigenvalue weighted by molar-refractivity contribution is 8.13. The Kier molecular flexibility index (Phi) is 4.49. The van der Waals surface area contributed by atoms with E-state index in [1.165, 1.54) is 11.3 Å². The molecular formula is C16H20N6O2S2. The Hall–Kier alpha value is -1.91. The highest BCUT2D eigenvalue weighted by atomic mass is 32.2. The van der Waals surface area contributed by atoms with Crippen molar-refractivity contribution in [1.29, 1.82) is 0 Å². The number of fused-ring (bicyclic) bond motifs is 1. The zero-order valence-corrected chi connectivity index (χ0v) is 16.1. The minimum atomic E-state index is -0.555. The number of hydrogen-bond donors (Lipinski definition) is 2. The normalized spacial score (nSPS) is 28.3. The number of thiazole rings is 1. The predicted octanol–water partition coefficient (Wildman–Crippen LogP) is 1.81. The van der Waals surface area contributed by atoms with Gasteiger partial charge in [-0.1, -0.05) is 11.8 Å². The third-order valence-electron chi connectivity index (χ3n) is 4.68. The lowest BCUT2D eigenvalue weighted by Gasteiger charge is -2.44. The van der Waals surface area contributed by atoms with E-state index in [1.54, 1.807) is 28.9 Å². The van der Waals surface area contributed by atoms with Crippen molar-refractivity contribution in [3.05, 3.63) is 28.6 Å². The van der Waals surface area contributed by atoms with Crippen molar-refractivity contribution in [2.24, 2.45) is 23.7 Å². The van der Waals surface area contributed by atoms with Gasteiger partial charge < -0.3 is 20.4 Å². The number of aliphatic imine (C=N–C) groups is 1. The number of thioether (sulfide) groups is 1. The first-order chi connectivity index (χ1) is 12.5. The number of nitrogens with one attached hydrogen (secondary N) is 1. The van der Waals surface area contributed by atoms with E-state index in [4.69, 9.17) is 15.5 Å². The number of amidine groups is 1. The minimum Gasteiger partial charge on any atom is -0.379 e. The van der Waals surface area contributed by atoms with Crippen LogP contribution in [0.15, 0.2) is 22.9 Å². The average Bonchev–Trinajstić information content (AvgIpc) is 3.24. The summed E-state index contributed by atoms with van der Waals surface area (Å²) in [6.07, 6.45) is 4.37. The summed E-state index contributed by atoms with van der Waals surface area (Å²) in [4.78, 5) is 25.7. The Morgan fingerprint density at radius 1 is 1.54 bits per heavy atom. The maximum absolute atomic E-state index is 12.3. The number of nitrogens with two attached hydrogens (primary N) is 1. The molecule has 0 bridgehead atoms. The number of carbonyl (C=O) groups is 1. The number of anilines is 1. The van der Waals surface area contributed by atoms with Gasteiger partial charge in [-0.05, 0) is 13.3 Å². The predicted molar refractivity (Wildman–Crippen MR) is 103 cm³/mol. The lowest BCUT2D eigenvalue weighted by Crippen LogP contribution is -2.49. The van der Waals surface area contributed by atoms with Gasteiger partial charge >= 0.3 is 0 Å². The van der Waals surface area contributed by atoms with Crippen LogP contribution >= 0.6 is 23.1 Å². The summed E-state index contributed by atoms with van der Waals surface area (Å²) < 4.78 is 7.64. The largest absolute Gasteiger partial charge is 0.379 e. The topological polar surface area (TPSA) is 107 Å². The van der Waals surface area contributed by atoms with Crippen molar-refractivity contribution in [1.82, 2.24) is 14.5 Å². The first-order valence-electron chi connectivity index (χ1n) is 8.31. The Balaban J connectivity index is 1.59. The Labute approximate surface area is 159 Å². The summed E-state index contributed by atoms with van der Waals surface area (Å²) in [6, 6.07) is 0. The summed E-state index contributed by atoms with van der Waals surface area (Å²) in [5, 5.41) is 6.02. The van der Waals surface area contributed by atoms with Crippen LogP contribution in [0, 0.1) is 5.92 Å². The fraction of sp³-hybridized carbons (Fsp3) is 0.500. The van der Waals surface area contributed by atoms with Gasteiger partial charge in [0.1, 0.15) is 22.1 Å². The van der Waals surface area contributed by atoms with E-state index in [9.17, 15) is 4.79 Å². The summed E-state index contributed by atoms with van der Waals surface area (Å²) in [6.45, 7) is 2.54. The molecule has 2 aliphatic heterocycles. The van der Waals surface area contributed by atoms with Crippen molar-refractivity contribution in [2.75, 3.05) is 17.7 Å². The molecule has 2 aromatic rings. The van der Waals surface area contributed by atoms with Gasteiger partial charge in [0.2, 0.25) is 0 Å². The molecule has 4 rings (SSSR count). The van der Waals surface area contributed by atoms with E-state index in [1.807, 2.05) is 12.4 Å². The second-order valence-electron chi connectivity index (χ2n) is 6.66. The van der Waals surface area contributed by atoms with Gasteiger partial charge in [0.05, 0.1) is 19.0 Å². The van der Waals surface area contributed by atoms with Crippen LogP contribution in [0.2, 0.25) is 0 Å². The van der Waals surface area contributed by atoms with E-state index in [2.05, 4.69) is 22.2 Å². The van der Waals surface area contributed by atoms with Crippen LogP contribution in [0.5, 0.6) is 0 Å². The molecule has 1 fully saturated rings. The number of imidazole rings is 1. The number of amides is 1. The number of carbonyl (C=O) groups excluding carboxylic acids is 1. The third kappa shape index (κ3) is 3.12. The molecule has 10 heteroatoms. The number of hydrogen-bond acceptors (Lipinski definition) is 8. The average molecular weight is 393 g/mol. The first kappa shape index (κ1) is 17.5. The molecule has 2 aliphatic rings. The molecule has 138 valence electrons. The smallest absolute Gasteiger partial charge is 0.277 e. The molecule has 0 radical (unpaired) electrons. The maximum Gasteiger partial charge on any atom is 0.277 e. The van der Waals surface area contributed by atoms with Crippen molar-refractivity contribution >= 4 is 40.0 Å². The van der Waals surface area contributed by atoms with Crippen LogP contribution in [0.3, 0.4) is 0 Å². The van der Waals surface area contributed by atoms with Gasteiger partial charge in [0.25, 0.3) is 5.91 Å².